The van der Waals surface area contributed by atoms with Gasteiger partial charge in [-0.05, 0) is 13.8 Å². The van der Waals surface area contributed by atoms with Crippen LogP contribution < -0.4 is 0 Å². The molecule has 0 aliphatic carbocycles. The van der Waals surface area contributed by atoms with Crippen LogP contribution in [-0.2, 0) is 9.59 Å². The van der Waals surface area contributed by atoms with E-state index in [2.05, 4.69) is 0 Å². The van der Waals surface area contributed by atoms with Crippen LogP contribution in [-0.4, -0.2) is 37.9 Å². The zero-order valence-electron chi connectivity index (χ0n) is 10.1. The lowest BCUT2D eigenvalue weighted by Gasteiger charge is -2.19. The molecule has 2 aliphatic heterocycles. The Bertz CT molecular complexity index is 588. The quantitative estimate of drug-likeness (QED) is 0.617. The number of hydrogen-bond donors (Lipinski definition) is 1. The molecule has 0 aromatic rings. The molecule has 2 heterocycles. The Morgan fingerprint density at radius 1 is 1.42 bits per heavy atom. The van der Waals surface area contributed by atoms with Crippen LogP contribution in [0, 0.1) is 16.7 Å². The summed E-state index contributed by atoms with van der Waals surface area (Å²) in [6.07, 6.45) is 0. The standard InChI is InChI=1S/C11H9N3O2S3/c1-4(2)14-10(15)7-8(11(14)16)19-9(13)6(18-7)5(17)3-12/h4,6,13H,1-2H3. The van der Waals surface area contributed by atoms with Crippen molar-refractivity contribution in [3.63, 3.8) is 0 Å². The average molecular weight is 311 g/mol. The van der Waals surface area contributed by atoms with Gasteiger partial charge in [0, 0.05) is 6.04 Å². The second kappa shape index (κ2) is 5.07. The predicted molar refractivity (Wildman–Crippen MR) is 78.9 cm³/mol. The summed E-state index contributed by atoms with van der Waals surface area (Å²) >= 11 is 6.86. The molecule has 5 nitrogen and oxygen atoms in total. The van der Waals surface area contributed by atoms with Gasteiger partial charge in [-0.25, -0.2) is 0 Å². The molecular formula is C11H9N3O2S3. The third-order valence-corrected chi connectivity index (χ3v) is 5.70. The number of carbonyl (C=O) groups excluding carboxylic acids is 2. The van der Waals surface area contributed by atoms with E-state index in [0.29, 0.717) is 4.91 Å². The lowest BCUT2D eigenvalue weighted by molar-refractivity contribution is -0.138. The number of hydrogen-bond acceptors (Lipinski definition) is 7. The molecule has 1 N–H and O–H groups in total. The van der Waals surface area contributed by atoms with E-state index in [-0.39, 0.29) is 32.7 Å². The molecular weight excluding hydrogens is 302 g/mol. The van der Waals surface area contributed by atoms with Crippen LogP contribution in [0.25, 0.3) is 0 Å². The summed E-state index contributed by atoms with van der Waals surface area (Å²) < 4.78 is 0. The molecule has 0 saturated heterocycles. The third-order valence-electron chi connectivity index (χ3n) is 2.58. The minimum Gasteiger partial charge on any atom is -0.296 e. The fourth-order valence-corrected chi connectivity index (χ4v) is 4.34. The van der Waals surface area contributed by atoms with Gasteiger partial charge >= 0.3 is 0 Å². The number of nitrogens with one attached hydrogen (secondary N) is 1. The molecule has 1 unspecified atom stereocenters. The maximum atomic E-state index is 12.2. The van der Waals surface area contributed by atoms with Crippen LogP contribution in [0.5, 0.6) is 0 Å². The fourth-order valence-electron chi connectivity index (χ4n) is 1.73. The largest absolute Gasteiger partial charge is 0.296 e. The van der Waals surface area contributed by atoms with Crippen LogP contribution in [0.1, 0.15) is 13.8 Å². The Balaban J connectivity index is 2.37. The Morgan fingerprint density at radius 2 is 2.00 bits per heavy atom. The van der Waals surface area contributed by atoms with Gasteiger partial charge in [0.2, 0.25) is 0 Å². The first-order chi connectivity index (χ1) is 8.88. The van der Waals surface area contributed by atoms with Crippen LogP contribution in [0.2, 0.25) is 0 Å². The molecule has 0 spiro atoms. The van der Waals surface area contributed by atoms with Crippen molar-refractivity contribution in [1.29, 1.82) is 10.7 Å². The summed E-state index contributed by atoms with van der Waals surface area (Å²) in [7, 11) is 0. The number of carbonyl (C=O) groups is 2. The second-order valence-corrected chi connectivity index (χ2v) is 6.78. The molecule has 98 valence electrons. The van der Waals surface area contributed by atoms with Gasteiger partial charge in [-0.1, -0.05) is 24.0 Å². The first-order valence-electron chi connectivity index (χ1n) is 5.37. The fraction of sp³-hybridized carbons (Fsp3) is 0.364. The highest BCUT2D eigenvalue weighted by molar-refractivity contribution is 8.23. The number of imide groups is 1. The Morgan fingerprint density at radius 3 is 2.53 bits per heavy atom. The molecule has 0 radical (unpaired) electrons. The van der Waals surface area contributed by atoms with Crippen molar-refractivity contribution in [2.24, 2.45) is 0 Å². The first-order valence-corrected chi connectivity index (χ1v) is 7.48. The molecule has 8 heteroatoms. The summed E-state index contributed by atoms with van der Waals surface area (Å²) in [6, 6.07) is 1.60. The van der Waals surface area contributed by atoms with Crippen molar-refractivity contribution in [1.82, 2.24) is 4.90 Å². The van der Waals surface area contributed by atoms with E-state index >= 15 is 0 Å². The highest BCUT2D eigenvalue weighted by Gasteiger charge is 2.46. The minimum absolute atomic E-state index is 0.0531. The zero-order valence-corrected chi connectivity index (χ0v) is 12.5. The maximum Gasteiger partial charge on any atom is 0.269 e. The molecule has 2 aliphatic rings. The molecule has 0 aromatic heterocycles. The summed E-state index contributed by atoms with van der Waals surface area (Å²) in [5.74, 6) is -0.718. The Hall–Kier alpha value is -1.17. The van der Waals surface area contributed by atoms with Crippen LogP contribution in [0.15, 0.2) is 9.81 Å². The van der Waals surface area contributed by atoms with E-state index in [1.165, 1.54) is 4.90 Å². The van der Waals surface area contributed by atoms with Gasteiger partial charge in [-0.3, -0.25) is 19.9 Å². The predicted octanol–water partition coefficient (Wildman–Crippen LogP) is 1.69. The number of nitrogens with zero attached hydrogens (tertiary/aromatic N) is 2. The van der Waals surface area contributed by atoms with Crippen molar-refractivity contribution in [2.45, 2.75) is 25.1 Å². The van der Waals surface area contributed by atoms with Gasteiger partial charge < -0.3 is 0 Å². The van der Waals surface area contributed by atoms with E-state index in [4.69, 9.17) is 22.9 Å². The van der Waals surface area contributed by atoms with E-state index < -0.39 is 5.25 Å². The van der Waals surface area contributed by atoms with Gasteiger partial charge in [0.25, 0.3) is 11.8 Å². The van der Waals surface area contributed by atoms with Crippen molar-refractivity contribution >= 4 is 57.5 Å². The summed E-state index contributed by atoms with van der Waals surface area (Å²) in [6.45, 7) is 3.51. The zero-order chi connectivity index (χ0) is 14.3. The summed E-state index contributed by atoms with van der Waals surface area (Å²) in [4.78, 5) is 26.1. The molecule has 0 bridgehead atoms. The highest BCUT2D eigenvalue weighted by Crippen LogP contribution is 2.45. The van der Waals surface area contributed by atoms with Crippen molar-refractivity contribution in [3.8, 4) is 6.07 Å². The molecule has 0 aromatic carbocycles. The topological polar surface area (TPSA) is 85.0 Å². The van der Waals surface area contributed by atoms with Crippen LogP contribution >= 0.6 is 35.7 Å². The highest BCUT2D eigenvalue weighted by atomic mass is 32.2. The Labute approximate surface area is 123 Å². The van der Waals surface area contributed by atoms with Crippen LogP contribution in [0.4, 0.5) is 0 Å². The van der Waals surface area contributed by atoms with E-state index in [0.717, 1.165) is 23.5 Å². The number of rotatable bonds is 2. The smallest absolute Gasteiger partial charge is 0.269 e. The minimum atomic E-state index is -0.632. The molecule has 0 fully saturated rings. The van der Waals surface area contributed by atoms with E-state index in [9.17, 15) is 9.59 Å². The normalized spacial score (nSPS) is 22.9. The number of thiocarbonyl (C=S) groups is 1. The number of nitriles is 1. The Kier molecular flexibility index (Phi) is 3.80. The van der Waals surface area contributed by atoms with Gasteiger partial charge in [-0.15, -0.1) is 11.8 Å². The average Bonchev–Trinajstić information content (AvgIpc) is 2.59. The maximum absolute atomic E-state index is 12.2. The molecule has 2 rings (SSSR count). The van der Waals surface area contributed by atoms with Gasteiger partial charge in [0.15, 0.2) is 0 Å². The lowest BCUT2D eigenvalue weighted by Crippen LogP contribution is -2.37. The second-order valence-electron chi connectivity index (χ2n) is 4.17. The van der Waals surface area contributed by atoms with Crippen molar-refractivity contribution in [2.75, 3.05) is 0 Å². The lowest BCUT2D eigenvalue weighted by atomic mass is 10.3. The number of amides is 2. The van der Waals surface area contributed by atoms with E-state index in [1.807, 2.05) is 6.07 Å². The van der Waals surface area contributed by atoms with Gasteiger partial charge in [0.1, 0.15) is 16.2 Å². The first kappa shape index (κ1) is 14.2. The van der Waals surface area contributed by atoms with Crippen molar-refractivity contribution in [3.05, 3.63) is 9.81 Å². The van der Waals surface area contributed by atoms with Gasteiger partial charge in [-0.2, -0.15) is 5.26 Å². The van der Waals surface area contributed by atoms with E-state index in [1.54, 1.807) is 13.8 Å². The SMILES string of the molecule is CC(C)N1C(=O)C2=C(SC(C(=S)C#N)C(=N)S2)C1=O. The summed E-state index contributed by atoms with van der Waals surface area (Å²) in [5, 5.41) is 16.2. The molecule has 1 atom stereocenters. The van der Waals surface area contributed by atoms with Gasteiger partial charge in [0.05, 0.1) is 14.9 Å². The molecule has 2 amide bonds. The summed E-state index contributed by atoms with van der Waals surface area (Å²) in [5.41, 5.74) is 0. The van der Waals surface area contributed by atoms with Crippen LogP contribution in [0.3, 0.4) is 0 Å². The molecule has 0 saturated carbocycles. The monoisotopic (exact) mass is 311 g/mol. The van der Waals surface area contributed by atoms with Crippen molar-refractivity contribution < 1.29 is 9.59 Å². The number of thioether (sulfide) groups is 2. The molecule has 19 heavy (non-hydrogen) atoms. The third kappa shape index (κ3) is 2.22.